The third-order valence-electron chi connectivity index (χ3n) is 4.54. The first kappa shape index (κ1) is 22.7. The Morgan fingerprint density at radius 2 is 2.08 bits per heavy atom. The second-order valence-electron chi connectivity index (χ2n) is 6.84. The number of sulfonamides is 1. The lowest BCUT2D eigenvalue weighted by molar-refractivity contribution is -0.117. The van der Waals surface area contributed by atoms with E-state index in [2.05, 4.69) is 22.3 Å². The number of piperidine rings is 1. The van der Waals surface area contributed by atoms with Gasteiger partial charge >= 0.3 is 0 Å². The Morgan fingerprint density at radius 1 is 1.35 bits per heavy atom. The summed E-state index contributed by atoms with van der Waals surface area (Å²) in [7, 11) is -3.33. The molecule has 26 heavy (non-hydrogen) atoms. The molecule has 0 aliphatic carbocycles. The number of hydrogen-bond donors (Lipinski definition) is 3. The standard InChI is InChI=1S/C18H29N3O3S.ClH/c1-3-10-25(23,24)21-17-8-4-7-16(12-17)20-18(22)11-14(2)15-6-5-9-19-13-15;/h4,7-8,12,14-15,19,21H,3,5-6,9-11,13H2,1-2H3,(H,20,22);1H. The van der Waals surface area contributed by atoms with Crippen LogP contribution in [-0.4, -0.2) is 33.2 Å². The van der Waals surface area contributed by atoms with Crippen LogP contribution in [0.1, 0.15) is 39.5 Å². The molecule has 0 radical (unpaired) electrons. The highest BCUT2D eigenvalue weighted by Gasteiger charge is 2.22. The minimum absolute atomic E-state index is 0. The molecule has 1 saturated heterocycles. The summed E-state index contributed by atoms with van der Waals surface area (Å²) in [6.07, 6.45) is 3.35. The zero-order valence-corrected chi connectivity index (χ0v) is 17.1. The number of anilines is 2. The van der Waals surface area contributed by atoms with Crippen LogP contribution < -0.4 is 15.4 Å². The van der Waals surface area contributed by atoms with Gasteiger partial charge in [0.2, 0.25) is 15.9 Å². The van der Waals surface area contributed by atoms with Crippen LogP contribution in [0.3, 0.4) is 0 Å². The second kappa shape index (κ2) is 10.7. The van der Waals surface area contributed by atoms with Gasteiger partial charge in [-0.1, -0.05) is 19.9 Å². The van der Waals surface area contributed by atoms with Crippen LogP contribution in [0.2, 0.25) is 0 Å². The van der Waals surface area contributed by atoms with Crippen LogP contribution in [0, 0.1) is 11.8 Å². The fourth-order valence-corrected chi connectivity index (χ4v) is 4.32. The maximum Gasteiger partial charge on any atom is 0.232 e. The third-order valence-corrected chi connectivity index (χ3v) is 6.03. The van der Waals surface area contributed by atoms with Crippen molar-refractivity contribution >= 4 is 39.7 Å². The van der Waals surface area contributed by atoms with Crippen molar-refractivity contribution in [3.8, 4) is 0 Å². The van der Waals surface area contributed by atoms with E-state index in [1.807, 2.05) is 6.92 Å². The van der Waals surface area contributed by atoms with Gasteiger partial charge in [-0.25, -0.2) is 8.42 Å². The van der Waals surface area contributed by atoms with E-state index >= 15 is 0 Å². The topological polar surface area (TPSA) is 87.3 Å². The van der Waals surface area contributed by atoms with Gasteiger partial charge in [0.15, 0.2) is 0 Å². The molecule has 1 heterocycles. The van der Waals surface area contributed by atoms with E-state index in [0.29, 0.717) is 36.1 Å². The van der Waals surface area contributed by atoms with Gasteiger partial charge in [0.25, 0.3) is 0 Å². The van der Waals surface area contributed by atoms with Gasteiger partial charge in [-0.05, 0) is 62.4 Å². The molecule has 0 aromatic heterocycles. The molecule has 0 saturated carbocycles. The van der Waals surface area contributed by atoms with Crippen LogP contribution >= 0.6 is 12.4 Å². The van der Waals surface area contributed by atoms with E-state index in [1.54, 1.807) is 24.3 Å². The molecule has 1 amide bonds. The lowest BCUT2D eigenvalue weighted by Crippen LogP contribution is -2.34. The first-order chi connectivity index (χ1) is 11.9. The Kier molecular flexibility index (Phi) is 9.39. The molecule has 3 N–H and O–H groups in total. The minimum atomic E-state index is -3.33. The van der Waals surface area contributed by atoms with Crippen molar-refractivity contribution in [3.05, 3.63) is 24.3 Å². The normalized spacial score (nSPS) is 18.5. The molecule has 1 aliphatic rings. The van der Waals surface area contributed by atoms with Crippen molar-refractivity contribution in [3.63, 3.8) is 0 Å². The average molecular weight is 404 g/mol. The first-order valence-electron chi connectivity index (χ1n) is 9.00. The summed E-state index contributed by atoms with van der Waals surface area (Å²) in [5.41, 5.74) is 1.08. The van der Waals surface area contributed by atoms with E-state index in [4.69, 9.17) is 0 Å². The summed E-state index contributed by atoms with van der Waals surface area (Å²) in [6, 6.07) is 6.83. The largest absolute Gasteiger partial charge is 0.326 e. The summed E-state index contributed by atoms with van der Waals surface area (Å²) in [6.45, 7) is 5.98. The van der Waals surface area contributed by atoms with Gasteiger partial charge in [0.05, 0.1) is 11.4 Å². The fourth-order valence-electron chi connectivity index (χ4n) is 3.20. The maximum absolute atomic E-state index is 12.3. The number of hydrogen-bond acceptors (Lipinski definition) is 4. The predicted molar refractivity (Wildman–Crippen MR) is 109 cm³/mol. The molecule has 2 rings (SSSR count). The molecule has 1 aromatic carbocycles. The maximum atomic E-state index is 12.3. The number of rotatable bonds is 8. The van der Waals surface area contributed by atoms with Gasteiger partial charge in [0, 0.05) is 12.1 Å². The highest BCUT2D eigenvalue weighted by Crippen LogP contribution is 2.23. The summed E-state index contributed by atoms with van der Waals surface area (Å²) >= 11 is 0. The number of carbonyl (C=O) groups is 1. The van der Waals surface area contributed by atoms with Crippen LogP contribution in [-0.2, 0) is 14.8 Å². The third kappa shape index (κ3) is 7.51. The van der Waals surface area contributed by atoms with E-state index in [0.717, 1.165) is 25.9 Å². The highest BCUT2D eigenvalue weighted by atomic mass is 35.5. The van der Waals surface area contributed by atoms with Crippen molar-refractivity contribution in [2.45, 2.75) is 39.5 Å². The van der Waals surface area contributed by atoms with Crippen molar-refractivity contribution in [2.75, 3.05) is 28.9 Å². The van der Waals surface area contributed by atoms with Crippen LogP contribution in [0.15, 0.2) is 24.3 Å². The van der Waals surface area contributed by atoms with Crippen LogP contribution in [0.4, 0.5) is 11.4 Å². The number of benzene rings is 1. The Balaban J connectivity index is 0.00000338. The second-order valence-corrected chi connectivity index (χ2v) is 8.68. The Morgan fingerprint density at radius 3 is 2.73 bits per heavy atom. The lowest BCUT2D eigenvalue weighted by atomic mass is 9.85. The molecule has 148 valence electrons. The SMILES string of the molecule is CCCS(=O)(=O)Nc1cccc(NC(=O)CC(C)C2CCCNC2)c1.Cl. The first-order valence-corrected chi connectivity index (χ1v) is 10.7. The minimum Gasteiger partial charge on any atom is -0.326 e. The molecule has 2 atom stereocenters. The summed E-state index contributed by atoms with van der Waals surface area (Å²) in [5.74, 6) is 0.897. The molecule has 0 bridgehead atoms. The Labute approximate surface area is 163 Å². The molecule has 6 nitrogen and oxygen atoms in total. The molecule has 8 heteroatoms. The summed E-state index contributed by atoms with van der Waals surface area (Å²) in [5, 5.41) is 6.26. The van der Waals surface area contributed by atoms with Crippen molar-refractivity contribution in [1.29, 1.82) is 0 Å². The molecular formula is C18H30ClN3O3S. The Bertz CT molecular complexity index is 676. The molecular weight excluding hydrogens is 374 g/mol. The number of nitrogens with one attached hydrogen (secondary N) is 3. The quantitative estimate of drug-likeness (QED) is 0.621. The monoisotopic (exact) mass is 403 g/mol. The van der Waals surface area contributed by atoms with E-state index in [-0.39, 0.29) is 24.1 Å². The predicted octanol–water partition coefficient (Wildman–Crippen LogP) is 3.22. The van der Waals surface area contributed by atoms with Gasteiger partial charge in [-0.15, -0.1) is 12.4 Å². The van der Waals surface area contributed by atoms with Crippen molar-refractivity contribution in [1.82, 2.24) is 5.32 Å². The van der Waals surface area contributed by atoms with Gasteiger partial charge < -0.3 is 10.6 Å². The summed E-state index contributed by atoms with van der Waals surface area (Å²) < 4.78 is 26.2. The zero-order valence-electron chi connectivity index (χ0n) is 15.5. The van der Waals surface area contributed by atoms with Crippen molar-refractivity contribution in [2.24, 2.45) is 11.8 Å². The molecule has 1 aromatic rings. The number of amides is 1. The molecule has 0 spiro atoms. The van der Waals surface area contributed by atoms with E-state index in [1.165, 1.54) is 0 Å². The van der Waals surface area contributed by atoms with Crippen LogP contribution in [0.5, 0.6) is 0 Å². The average Bonchev–Trinajstić information content (AvgIpc) is 2.55. The molecule has 1 aliphatic heterocycles. The van der Waals surface area contributed by atoms with Gasteiger partial charge in [-0.3, -0.25) is 9.52 Å². The van der Waals surface area contributed by atoms with Gasteiger partial charge in [-0.2, -0.15) is 0 Å². The highest BCUT2D eigenvalue weighted by molar-refractivity contribution is 7.92. The fraction of sp³-hybridized carbons (Fsp3) is 0.611. The van der Waals surface area contributed by atoms with Gasteiger partial charge in [0.1, 0.15) is 0 Å². The lowest BCUT2D eigenvalue weighted by Gasteiger charge is -2.28. The van der Waals surface area contributed by atoms with E-state index < -0.39 is 10.0 Å². The smallest absolute Gasteiger partial charge is 0.232 e. The molecule has 2 unspecified atom stereocenters. The Hall–Kier alpha value is -1.31. The van der Waals surface area contributed by atoms with Crippen LogP contribution in [0.25, 0.3) is 0 Å². The zero-order chi connectivity index (χ0) is 18.3. The van der Waals surface area contributed by atoms with E-state index in [9.17, 15) is 13.2 Å². The van der Waals surface area contributed by atoms with Crippen molar-refractivity contribution < 1.29 is 13.2 Å². The molecule has 1 fully saturated rings. The summed E-state index contributed by atoms with van der Waals surface area (Å²) in [4.78, 5) is 12.3. The number of carbonyl (C=O) groups excluding carboxylic acids is 1. The number of halogens is 1.